The molecule has 0 radical (unpaired) electrons. The summed E-state index contributed by atoms with van der Waals surface area (Å²) in [7, 11) is 0. The zero-order chi connectivity index (χ0) is 18.9. The van der Waals surface area contributed by atoms with Crippen LogP contribution in [0.15, 0.2) is 24.3 Å². The maximum absolute atomic E-state index is 13.2. The Labute approximate surface area is 161 Å². The Kier molecular flexibility index (Phi) is 8.29. The van der Waals surface area contributed by atoms with Gasteiger partial charge in [-0.1, -0.05) is 38.3 Å². The lowest BCUT2D eigenvalue weighted by atomic mass is 9.94. The summed E-state index contributed by atoms with van der Waals surface area (Å²) in [5.41, 5.74) is 1.02. The number of rotatable bonds is 7. The van der Waals surface area contributed by atoms with Gasteiger partial charge in [-0.3, -0.25) is 4.79 Å². The third-order valence-corrected chi connectivity index (χ3v) is 5.34. The van der Waals surface area contributed by atoms with Crippen molar-refractivity contribution in [3.05, 3.63) is 35.6 Å². The Hall–Kier alpha value is -1.69. The third-order valence-electron chi connectivity index (χ3n) is 4.96. The molecule has 0 heterocycles. The van der Waals surface area contributed by atoms with Crippen LogP contribution >= 0.6 is 12.2 Å². The van der Waals surface area contributed by atoms with Crippen LogP contribution in [0.4, 0.5) is 4.39 Å². The highest BCUT2D eigenvalue weighted by Gasteiger charge is 2.23. The van der Waals surface area contributed by atoms with Crippen LogP contribution in [-0.2, 0) is 11.3 Å². The van der Waals surface area contributed by atoms with E-state index in [1.54, 1.807) is 12.1 Å². The number of carbonyl (C=O) groups excluding carboxylic acids is 1. The molecular formula is C20H30FN3OS. The Balaban J connectivity index is 1.98. The van der Waals surface area contributed by atoms with Crippen LogP contribution in [0.3, 0.4) is 0 Å². The first-order chi connectivity index (χ1) is 12.5. The summed E-state index contributed by atoms with van der Waals surface area (Å²) in [5, 5.41) is 6.65. The van der Waals surface area contributed by atoms with Crippen LogP contribution in [0.5, 0.6) is 0 Å². The molecule has 0 saturated heterocycles. The second-order valence-corrected chi connectivity index (χ2v) is 7.47. The molecule has 1 atom stereocenters. The molecular weight excluding hydrogens is 349 g/mol. The average molecular weight is 380 g/mol. The second-order valence-electron chi connectivity index (χ2n) is 7.08. The van der Waals surface area contributed by atoms with E-state index in [1.165, 1.54) is 31.4 Å². The van der Waals surface area contributed by atoms with Crippen molar-refractivity contribution in [3.63, 3.8) is 0 Å². The molecule has 6 heteroatoms. The van der Waals surface area contributed by atoms with Crippen molar-refractivity contribution in [2.75, 3.05) is 6.54 Å². The van der Waals surface area contributed by atoms with Crippen LogP contribution < -0.4 is 10.6 Å². The van der Waals surface area contributed by atoms with E-state index in [2.05, 4.69) is 15.5 Å². The molecule has 2 N–H and O–H groups in total. The summed E-state index contributed by atoms with van der Waals surface area (Å²) in [6.45, 7) is 4.83. The third kappa shape index (κ3) is 6.56. The van der Waals surface area contributed by atoms with E-state index < -0.39 is 0 Å². The van der Waals surface area contributed by atoms with Gasteiger partial charge in [0.2, 0.25) is 5.91 Å². The number of halogens is 1. The molecule has 0 bridgehead atoms. The van der Waals surface area contributed by atoms with Gasteiger partial charge >= 0.3 is 0 Å². The van der Waals surface area contributed by atoms with Gasteiger partial charge < -0.3 is 15.5 Å². The van der Waals surface area contributed by atoms with Gasteiger partial charge in [-0.2, -0.15) is 0 Å². The topological polar surface area (TPSA) is 44.4 Å². The molecule has 1 saturated carbocycles. The average Bonchev–Trinajstić information content (AvgIpc) is 2.66. The summed E-state index contributed by atoms with van der Waals surface area (Å²) in [5.74, 6) is -0.285. The molecule has 0 spiro atoms. The summed E-state index contributed by atoms with van der Waals surface area (Å²) < 4.78 is 13.2. The van der Waals surface area contributed by atoms with E-state index >= 15 is 0 Å². The fourth-order valence-electron chi connectivity index (χ4n) is 3.23. The minimum atomic E-state index is -0.236. The SMILES string of the molecule is CC[C@@H](C)NC(=O)CNC(=S)N(Cc1ccc(F)cc1)C1CCCCC1. The molecule has 0 aromatic heterocycles. The maximum Gasteiger partial charge on any atom is 0.239 e. The first-order valence-corrected chi connectivity index (χ1v) is 9.98. The predicted octanol–water partition coefficient (Wildman–Crippen LogP) is 3.75. The zero-order valence-corrected chi connectivity index (χ0v) is 16.6. The maximum atomic E-state index is 13.2. The molecule has 1 aromatic carbocycles. The summed E-state index contributed by atoms with van der Waals surface area (Å²) in [4.78, 5) is 14.2. The molecule has 1 fully saturated rings. The quantitative estimate of drug-likeness (QED) is 0.708. The Morgan fingerprint density at radius 3 is 2.54 bits per heavy atom. The van der Waals surface area contributed by atoms with Crippen LogP contribution in [0, 0.1) is 5.82 Å². The van der Waals surface area contributed by atoms with E-state index in [-0.39, 0.29) is 24.3 Å². The summed E-state index contributed by atoms with van der Waals surface area (Å²) >= 11 is 5.60. The fraction of sp³-hybridized carbons (Fsp3) is 0.600. The van der Waals surface area contributed by atoms with Crippen molar-refractivity contribution >= 4 is 23.2 Å². The van der Waals surface area contributed by atoms with E-state index in [0.29, 0.717) is 17.7 Å². The van der Waals surface area contributed by atoms with Crippen molar-refractivity contribution in [2.24, 2.45) is 0 Å². The molecule has 2 rings (SSSR count). The van der Waals surface area contributed by atoms with Crippen molar-refractivity contribution in [1.82, 2.24) is 15.5 Å². The van der Waals surface area contributed by atoms with Crippen molar-refractivity contribution in [2.45, 2.75) is 71.0 Å². The number of amides is 1. The van der Waals surface area contributed by atoms with E-state index in [4.69, 9.17) is 12.2 Å². The van der Waals surface area contributed by atoms with Crippen LogP contribution in [0.1, 0.15) is 57.9 Å². The highest BCUT2D eigenvalue weighted by atomic mass is 32.1. The standard InChI is InChI=1S/C20H30FN3OS/c1-3-15(2)23-19(25)13-22-20(26)24(18-7-5-4-6-8-18)14-16-9-11-17(21)12-10-16/h9-12,15,18H,3-8,13-14H2,1-2H3,(H,22,26)(H,23,25)/t15-/m1/s1. The largest absolute Gasteiger partial charge is 0.353 e. The molecule has 1 aliphatic carbocycles. The molecule has 1 aromatic rings. The van der Waals surface area contributed by atoms with Gasteiger partial charge in [0.05, 0.1) is 6.54 Å². The highest BCUT2D eigenvalue weighted by molar-refractivity contribution is 7.80. The van der Waals surface area contributed by atoms with E-state index in [9.17, 15) is 9.18 Å². The molecule has 0 aliphatic heterocycles. The molecule has 0 unspecified atom stereocenters. The zero-order valence-electron chi connectivity index (χ0n) is 15.8. The lowest BCUT2D eigenvalue weighted by Gasteiger charge is -2.36. The van der Waals surface area contributed by atoms with Gasteiger partial charge in [0, 0.05) is 18.6 Å². The Morgan fingerprint density at radius 2 is 1.92 bits per heavy atom. The monoisotopic (exact) mass is 379 g/mol. The number of carbonyl (C=O) groups is 1. The number of hydrogen-bond acceptors (Lipinski definition) is 2. The number of thiocarbonyl (C=S) groups is 1. The van der Waals surface area contributed by atoms with Gasteiger partial charge in [-0.15, -0.1) is 0 Å². The van der Waals surface area contributed by atoms with Gasteiger partial charge in [0.25, 0.3) is 0 Å². The Morgan fingerprint density at radius 1 is 1.27 bits per heavy atom. The number of hydrogen-bond donors (Lipinski definition) is 2. The van der Waals surface area contributed by atoms with Gasteiger partial charge in [0.15, 0.2) is 5.11 Å². The molecule has 26 heavy (non-hydrogen) atoms. The lowest BCUT2D eigenvalue weighted by Crippen LogP contribution is -2.49. The van der Waals surface area contributed by atoms with E-state index in [1.807, 2.05) is 13.8 Å². The van der Waals surface area contributed by atoms with Crippen molar-refractivity contribution < 1.29 is 9.18 Å². The molecule has 144 valence electrons. The number of nitrogens with zero attached hydrogens (tertiary/aromatic N) is 1. The first kappa shape index (κ1) is 20.6. The fourth-order valence-corrected chi connectivity index (χ4v) is 3.52. The molecule has 4 nitrogen and oxygen atoms in total. The van der Waals surface area contributed by atoms with Crippen molar-refractivity contribution in [3.8, 4) is 0 Å². The van der Waals surface area contributed by atoms with Crippen molar-refractivity contribution in [1.29, 1.82) is 0 Å². The lowest BCUT2D eigenvalue weighted by molar-refractivity contribution is -0.120. The Bertz CT molecular complexity index is 587. The number of benzene rings is 1. The van der Waals surface area contributed by atoms with E-state index in [0.717, 1.165) is 24.8 Å². The van der Waals surface area contributed by atoms with Crippen LogP contribution in [0.2, 0.25) is 0 Å². The van der Waals surface area contributed by atoms with Gasteiger partial charge in [-0.05, 0) is 56.1 Å². The highest BCUT2D eigenvalue weighted by Crippen LogP contribution is 2.24. The van der Waals surface area contributed by atoms with Gasteiger partial charge in [0.1, 0.15) is 5.82 Å². The number of nitrogens with one attached hydrogen (secondary N) is 2. The second kappa shape index (κ2) is 10.5. The summed E-state index contributed by atoms with van der Waals surface area (Å²) in [6.07, 6.45) is 6.75. The van der Waals surface area contributed by atoms with Crippen LogP contribution in [-0.4, -0.2) is 34.5 Å². The first-order valence-electron chi connectivity index (χ1n) is 9.58. The minimum Gasteiger partial charge on any atom is -0.353 e. The minimum absolute atomic E-state index is 0.0490. The normalized spacial score (nSPS) is 16.0. The molecule has 1 amide bonds. The molecule has 1 aliphatic rings. The smallest absolute Gasteiger partial charge is 0.239 e. The predicted molar refractivity (Wildman–Crippen MR) is 107 cm³/mol. The summed E-state index contributed by atoms with van der Waals surface area (Å²) in [6, 6.07) is 7.07. The van der Waals surface area contributed by atoms with Gasteiger partial charge in [-0.25, -0.2) is 4.39 Å². The van der Waals surface area contributed by atoms with Crippen LogP contribution in [0.25, 0.3) is 0 Å².